The molecule has 0 fully saturated rings. The lowest BCUT2D eigenvalue weighted by atomic mass is 9.95. The first kappa shape index (κ1) is 27.9. The number of phenolic OH excluding ortho intramolecular Hbond substituents is 1. The summed E-state index contributed by atoms with van der Waals surface area (Å²) >= 11 is 1.55. The summed E-state index contributed by atoms with van der Waals surface area (Å²) in [6, 6.07) is 5.14. The average molecular weight is 502 g/mol. The van der Waals surface area contributed by atoms with Gasteiger partial charge >= 0.3 is 6.09 Å². The summed E-state index contributed by atoms with van der Waals surface area (Å²) in [7, 11) is 0. The van der Waals surface area contributed by atoms with Crippen LogP contribution in [-0.4, -0.2) is 52.1 Å². The second-order valence-corrected chi connectivity index (χ2v) is 10.4. The molecule has 2 aromatic rings. The van der Waals surface area contributed by atoms with E-state index in [1.807, 2.05) is 37.4 Å². The van der Waals surface area contributed by atoms with Crippen molar-refractivity contribution in [1.29, 1.82) is 0 Å². The highest BCUT2D eigenvalue weighted by atomic mass is 32.1. The van der Waals surface area contributed by atoms with Crippen LogP contribution in [0.1, 0.15) is 49.3 Å². The number of carbonyl (C=O) groups is 3. The molecule has 0 saturated heterocycles. The third-order valence-electron chi connectivity index (χ3n) is 5.37. The molecule has 0 radical (unpaired) electrons. The first-order chi connectivity index (χ1) is 16.3. The van der Waals surface area contributed by atoms with E-state index in [0.29, 0.717) is 0 Å². The SMILES string of the molecule is Cc1cc(O)cc(C)c1CC(NC(=O)OC(C)(C)C)C(=O)N(C/C=C/c1cccs1)[C@H](C)C(N)=O. The lowest BCUT2D eigenvalue weighted by Gasteiger charge is -2.31. The standard InChI is InChI=1S/C26H35N3O5S/c1-16-13-19(30)14-17(2)21(16)15-22(28-25(33)34-26(4,5)6)24(32)29(18(3)23(27)31)11-7-9-20-10-8-12-35-20/h7-10,12-14,18,22,30H,11,15H2,1-6H3,(H2,27,31)(H,28,33)/b9-7+/t18-,22?/m1/s1. The normalized spacial score (nSPS) is 13.3. The molecule has 0 aliphatic rings. The van der Waals surface area contributed by atoms with Crippen molar-refractivity contribution in [1.82, 2.24) is 10.2 Å². The van der Waals surface area contributed by atoms with E-state index in [9.17, 15) is 19.5 Å². The Morgan fingerprint density at radius 1 is 1.23 bits per heavy atom. The van der Waals surface area contributed by atoms with E-state index in [4.69, 9.17) is 10.5 Å². The van der Waals surface area contributed by atoms with Crippen LogP contribution in [0.2, 0.25) is 0 Å². The monoisotopic (exact) mass is 501 g/mol. The van der Waals surface area contributed by atoms with Crippen molar-refractivity contribution in [2.75, 3.05) is 6.54 Å². The zero-order chi connectivity index (χ0) is 26.3. The summed E-state index contributed by atoms with van der Waals surface area (Å²) < 4.78 is 5.39. The largest absolute Gasteiger partial charge is 0.508 e. The van der Waals surface area contributed by atoms with Crippen LogP contribution in [0.4, 0.5) is 4.79 Å². The molecule has 2 rings (SSSR count). The minimum absolute atomic E-state index is 0.120. The maximum absolute atomic E-state index is 13.7. The Labute approximate surface area is 210 Å². The number of alkyl carbamates (subject to hydrolysis) is 1. The highest BCUT2D eigenvalue weighted by Gasteiger charge is 2.32. The number of rotatable bonds is 9. The highest BCUT2D eigenvalue weighted by molar-refractivity contribution is 7.10. The molecule has 0 aliphatic heterocycles. The Hall–Kier alpha value is -3.33. The number of phenols is 1. The van der Waals surface area contributed by atoms with E-state index in [1.165, 1.54) is 4.90 Å². The Bertz CT molecular complexity index is 1050. The Morgan fingerprint density at radius 2 is 1.86 bits per heavy atom. The topological polar surface area (TPSA) is 122 Å². The number of primary amides is 1. The summed E-state index contributed by atoms with van der Waals surface area (Å²) in [6.07, 6.45) is 3.05. The van der Waals surface area contributed by atoms with E-state index in [0.717, 1.165) is 21.6 Å². The third-order valence-corrected chi connectivity index (χ3v) is 6.21. The molecule has 0 spiro atoms. The minimum Gasteiger partial charge on any atom is -0.508 e. The molecule has 1 unspecified atom stereocenters. The Kier molecular flexibility index (Phi) is 9.47. The molecule has 0 bridgehead atoms. The van der Waals surface area contributed by atoms with E-state index >= 15 is 0 Å². The van der Waals surface area contributed by atoms with Crippen LogP contribution < -0.4 is 11.1 Å². The van der Waals surface area contributed by atoms with E-state index in [2.05, 4.69) is 5.32 Å². The number of hydrogen-bond acceptors (Lipinski definition) is 6. The molecule has 1 heterocycles. The second-order valence-electron chi connectivity index (χ2n) is 9.45. The summed E-state index contributed by atoms with van der Waals surface area (Å²) in [5, 5.41) is 14.5. The van der Waals surface area contributed by atoms with Gasteiger partial charge in [0.2, 0.25) is 11.8 Å². The summed E-state index contributed by atoms with van der Waals surface area (Å²) in [5.74, 6) is -1.00. The zero-order valence-electron chi connectivity index (χ0n) is 21.1. The number of nitrogens with zero attached hydrogens (tertiary/aromatic N) is 1. The van der Waals surface area contributed by atoms with Crippen LogP contribution in [0, 0.1) is 13.8 Å². The van der Waals surface area contributed by atoms with Crippen molar-refractivity contribution < 1.29 is 24.2 Å². The fourth-order valence-corrected chi connectivity index (χ4v) is 4.25. The summed E-state index contributed by atoms with van der Waals surface area (Å²) in [6.45, 7) is 10.5. The van der Waals surface area contributed by atoms with Crippen LogP contribution in [0.5, 0.6) is 5.75 Å². The van der Waals surface area contributed by atoms with Crippen molar-refractivity contribution in [2.24, 2.45) is 5.73 Å². The van der Waals surface area contributed by atoms with Crippen molar-refractivity contribution in [3.63, 3.8) is 0 Å². The van der Waals surface area contributed by atoms with Gasteiger partial charge < -0.3 is 25.8 Å². The minimum atomic E-state index is -1.02. The number of hydrogen-bond donors (Lipinski definition) is 3. The Balaban J connectivity index is 2.39. The molecule has 190 valence electrons. The van der Waals surface area contributed by atoms with E-state index in [1.54, 1.807) is 57.2 Å². The Morgan fingerprint density at radius 3 is 2.37 bits per heavy atom. The van der Waals surface area contributed by atoms with Crippen LogP contribution in [0.15, 0.2) is 35.7 Å². The predicted molar refractivity (Wildman–Crippen MR) is 138 cm³/mol. The number of aryl methyl sites for hydroxylation is 2. The fraction of sp³-hybridized carbons (Fsp3) is 0.423. The van der Waals surface area contributed by atoms with Crippen molar-refractivity contribution in [3.8, 4) is 5.75 Å². The number of nitrogens with two attached hydrogens (primary N) is 1. The van der Waals surface area contributed by atoms with Crippen molar-refractivity contribution in [2.45, 2.75) is 65.6 Å². The van der Waals surface area contributed by atoms with Crippen LogP contribution in [-0.2, 0) is 20.7 Å². The molecule has 4 N–H and O–H groups in total. The van der Waals surface area contributed by atoms with Crippen LogP contribution >= 0.6 is 11.3 Å². The maximum Gasteiger partial charge on any atom is 0.408 e. The molecular formula is C26H35N3O5S. The maximum atomic E-state index is 13.7. The summed E-state index contributed by atoms with van der Waals surface area (Å²) in [5.41, 5.74) is 7.15. The molecule has 8 nitrogen and oxygen atoms in total. The molecule has 0 saturated carbocycles. The lowest BCUT2D eigenvalue weighted by Crippen LogP contribution is -2.55. The quantitative estimate of drug-likeness (QED) is 0.481. The fourth-order valence-electron chi connectivity index (χ4n) is 3.61. The second kappa shape index (κ2) is 11.9. The number of thiophene rings is 1. The van der Waals surface area contributed by atoms with Gasteiger partial charge in [-0.15, -0.1) is 11.3 Å². The zero-order valence-corrected chi connectivity index (χ0v) is 21.9. The summed E-state index contributed by atoms with van der Waals surface area (Å²) in [4.78, 5) is 40.8. The first-order valence-corrected chi connectivity index (χ1v) is 12.2. The van der Waals surface area contributed by atoms with Gasteiger partial charge in [-0.05, 0) is 87.9 Å². The van der Waals surface area contributed by atoms with E-state index in [-0.39, 0.29) is 18.7 Å². The van der Waals surface area contributed by atoms with Crippen LogP contribution in [0.25, 0.3) is 6.08 Å². The van der Waals surface area contributed by atoms with Crippen molar-refractivity contribution in [3.05, 3.63) is 57.3 Å². The number of nitrogens with one attached hydrogen (secondary N) is 1. The van der Waals surface area contributed by atoms with Gasteiger partial charge in [-0.3, -0.25) is 9.59 Å². The van der Waals surface area contributed by atoms with Gasteiger partial charge in [0.25, 0.3) is 0 Å². The van der Waals surface area contributed by atoms with Gasteiger partial charge in [0.15, 0.2) is 0 Å². The number of carbonyl (C=O) groups excluding carboxylic acids is 3. The molecule has 3 amide bonds. The number of ether oxygens (including phenoxy) is 1. The van der Waals surface area contributed by atoms with Gasteiger partial charge in [0.1, 0.15) is 23.4 Å². The number of benzene rings is 1. The van der Waals surface area contributed by atoms with Gasteiger partial charge in [-0.2, -0.15) is 0 Å². The predicted octanol–water partition coefficient (Wildman–Crippen LogP) is 3.92. The molecular weight excluding hydrogens is 466 g/mol. The average Bonchev–Trinajstić information content (AvgIpc) is 3.24. The molecule has 1 aromatic carbocycles. The number of amides is 3. The first-order valence-electron chi connectivity index (χ1n) is 11.4. The van der Waals surface area contributed by atoms with Crippen molar-refractivity contribution >= 4 is 35.3 Å². The molecule has 35 heavy (non-hydrogen) atoms. The lowest BCUT2D eigenvalue weighted by molar-refractivity contribution is -0.139. The third kappa shape index (κ3) is 8.43. The van der Waals surface area contributed by atoms with Gasteiger partial charge in [0, 0.05) is 17.8 Å². The van der Waals surface area contributed by atoms with E-state index < -0.39 is 35.6 Å². The molecule has 0 aliphatic carbocycles. The number of aromatic hydroxyl groups is 1. The van der Waals surface area contributed by atoms with Gasteiger partial charge in [-0.25, -0.2) is 4.79 Å². The molecule has 1 aromatic heterocycles. The smallest absolute Gasteiger partial charge is 0.408 e. The van der Waals surface area contributed by atoms with Gasteiger partial charge in [-0.1, -0.05) is 12.1 Å². The van der Waals surface area contributed by atoms with Gasteiger partial charge in [0.05, 0.1) is 0 Å². The molecule has 9 heteroatoms. The molecule has 2 atom stereocenters. The van der Waals surface area contributed by atoms with Crippen LogP contribution in [0.3, 0.4) is 0 Å². The highest BCUT2D eigenvalue weighted by Crippen LogP contribution is 2.23.